The molecular formula is C14H25N3O. The lowest BCUT2D eigenvalue weighted by atomic mass is 9.68. The summed E-state index contributed by atoms with van der Waals surface area (Å²) < 4.78 is 0. The normalized spacial score (nSPS) is 31.1. The summed E-state index contributed by atoms with van der Waals surface area (Å²) in [5.74, 6) is 0.866. The number of carbonyl (C=O) groups excluding carboxylic acids is 1. The lowest BCUT2D eigenvalue weighted by Gasteiger charge is -2.39. The van der Waals surface area contributed by atoms with Crippen LogP contribution in [0.5, 0.6) is 0 Å². The molecule has 3 N–H and O–H groups in total. The zero-order valence-electron chi connectivity index (χ0n) is 11.2. The highest BCUT2D eigenvalue weighted by Gasteiger charge is 2.43. The second-order valence-corrected chi connectivity index (χ2v) is 6.43. The van der Waals surface area contributed by atoms with Crippen LogP contribution in [0.3, 0.4) is 0 Å². The maximum absolute atomic E-state index is 12.2. The van der Waals surface area contributed by atoms with Crippen molar-refractivity contribution in [1.29, 1.82) is 0 Å². The molecular weight excluding hydrogens is 226 g/mol. The van der Waals surface area contributed by atoms with Crippen LogP contribution in [0, 0.1) is 11.3 Å². The monoisotopic (exact) mass is 251 g/mol. The largest absolute Gasteiger partial charge is 0.355 e. The van der Waals surface area contributed by atoms with Crippen molar-refractivity contribution in [2.24, 2.45) is 17.1 Å². The zero-order valence-corrected chi connectivity index (χ0v) is 11.2. The Balaban J connectivity index is 1.42. The number of likely N-dealkylation sites (tertiary alicyclic amines) is 1. The molecule has 1 aliphatic heterocycles. The van der Waals surface area contributed by atoms with Crippen molar-refractivity contribution in [3.05, 3.63) is 0 Å². The fourth-order valence-electron chi connectivity index (χ4n) is 3.35. The molecule has 2 aliphatic carbocycles. The molecule has 18 heavy (non-hydrogen) atoms. The molecule has 2 saturated carbocycles. The van der Waals surface area contributed by atoms with Gasteiger partial charge in [-0.2, -0.15) is 0 Å². The minimum Gasteiger partial charge on any atom is -0.355 e. The van der Waals surface area contributed by atoms with Crippen molar-refractivity contribution < 1.29 is 4.79 Å². The third kappa shape index (κ3) is 2.28. The maximum atomic E-state index is 12.2. The number of hydrogen-bond acceptors (Lipinski definition) is 3. The lowest BCUT2D eigenvalue weighted by molar-refractivity contribution is -0.135. The van der Waals surface area contributed by atoms with Crippen molar-refractivity contribution >= 4 is 5.91 Å². The van der Waals surface area contributed by atoms with Crippen LogP contribution in [0.15, 0.2) is 0 Å². The summed E-state index contributed by atoms with van der Waals surface area (Å²) in [6, 6.07) is 0.868. The van der Waals surface area contributed by atoms with Gasteiger partial charge in [0.1, 0.15) is 0 Å². The Hall–Kier alpha value is -0.610. The van der Waals surface area contributed by atoms with Crippen LogP contribution in [0.1, 0.15) is 38.5 Å². The first kappa shape index (κ1) is 12.4. The van der Waals surface area contributed by atoms with Gasteiger partial charge in [-0.15, -0.1) is 0 Å². The summed E-state index contributed by atoms with van der Waals surface area (Å²) in [4.78, 5) is 14.8. The quantitative estimate of drug-likeness (QED) is 0.757. The fourth-order valence-corrected chi connectivity index (χ4v) is 3.35. The van der Waals surface area contributed by atoms with Crippen LogP contribution in [-0.2, 0) is 4.79 Å². The van der Waals surface area contributed by atoms with Gasteiger partial charge in [0.05, 0.1) is 5.41 Å². The molecule has 1 saturated heterocycles. The van der Waals surface area contributed by atoms with E-state index in [1.165, 1.54) is 32.4 Å². The van der Waals surface area contributed by atoms with E-state index in [2.05, 4.69) is 10.2 Å². The molecule has 0 aromatic rings. The van der Waals surface area contributed by atoms with Crippen molar-refractivity contribution in [2.75, 3.05) is 26.2 Å². The van der Waals surface area contributed by atoms with Gasteiger partial charge in [0.15, 0.2) is 0 Å². The Morgan fingerprint density at radius 1 is 1.33 bits per heavy atom. The minimum absolute atomic E-state index is 0.209. The van der Waals surface area contributed by atoms with Crippen molar-refractivity contribution in [3.63, 3.8) is 0 Å². The summed E-state index contributed by atoms with van der Waals surface area (Å²) in [6.07, 6.45) is 7.13. The van der Waals surface area contributed by atoms with Crippen LogP contribution < -0.4 is 11.1 Å². The first-order valence-corrected chi connectivity index (χ1v) is 7.46. The third-order valence-corrected chi connectivity index (χ3v) is 5.11. The van der Waals surface area contributed by atoms with Gasteiger partial charge in [0.2, 0.25) is 5.91 Å². The van der Waals surface area contributed by atoms with Gasteiger partial charge in [-0.05, 0) is 44.6 Å². The molecule has 4 nitrogen and oxygen atoms in total. The van der Waals surface area contributed by atoms with E-state index in [0.717, 1.165) is 31.8 Å². The fraction of sp³-hybridized carbons (Fsp3) is 0.929. The highest BCUT2D eigenvalue weighted by Crippen LogP contribution is 2.40. The topological polar surface area (TPSA) is 58.4 Å². The number of nitrogens with one attached hydrogen (secondary N) is 1. The first-order valence-electron chi connectivity index (χ1n) is 7.46. The van der Waals surface area contributed by atoms with Crippen LogP contribution in [0.25, 0.3) is 0 Å². The SMILES string of the molecule is NCC1(C(=O)NCC2CCN(C3CC3)C2)CCC1. The molecule has 0 aromatic carbocycles. The molecule has 3 fully saturated rings. The molecule has 3 aliphatic rings. The third-order valence-electron chi connectivity index (χ3n) is 5.11. The maximum Gasteiger partial charge on any atom is 0.227 e. The second kappa shape index (κ2) is 4.82. The summed E-state index contributed by atoms with van der Waals surface area (Å²) in [5.41, 5.74) is 5.54. The molecule has 1 heterocycles. The molecule has 3 rings (SSSR count). The Morgan fingerprint density at radius 3 is 2.67 bits per heavy atom. The van der Waals surface area contributed by atoms with E-state index in [-0.39, 0.29) is 11.3 Å². The van der Waals surface area contributed by atoms with E-state index in [1.54, 1.807) is 0 Å². The second-order valence-electron chi connectivity index (χ2n) is 6.43. The number of hydrogen-bond donors (Lipinski definition) is 2. The Kier molecular flexibility index (Phi) is 3.32. The summed E-state index contributed by atoms with van der Waals surface area (Å²) in [7, 11) is 0. The van der Waals surface area contributed by atoms with Crippen LogP contribution >= 0.6 is 0 Å². The number of carbonyl (C=O) groups is 1. The Labute approximate surface area is 109 Å². The highest BCUT2D eigenvalue weighted by atomic mass is 16.2. The smallest absolute Gasteiger partial charge is 0.227 e. The zero-order chi connectivity index (χ0) is 12.6. The summed E-state index contributed by atoms with van der Waals surface area (Å²) in [5, 5.41) is 3.15. The van der Waals surface area contributed by atoms with Gasteiger partial charge in [-0.25, -0.2) is 0 Å². The van der Waals surface area contributed by atoms with E-state index in [4.69, 9.17) is 5.73 Å². The highest BCUT2D eigenvalue weighted by molar-refractivity contribution is 5.83. The Bertz CT molecular complexity index is 317. The number of nitrogens with two attached hydrogens (primary N) is 1. The van der Waals surface area contributed by atoms with E-state index in [0.29, 0.717) is 12.5 Å². The predicted molar refractivity (Wildman–Crippen MR) is 71.1 cm³/mol. The molecule has 1 atom stereocenters. The average molecular weight is 251 g/mol. The number of rotatable bonds is 5. The van der Waals surface area contributed by atoms with E-state index in [1.807, 2.05) is 0 Å². The van der Waals surface area contributed by atoms with Crippen molar-refractivity contribution in [1.82, 2.24) is 10.2 Å². The molecule has 1 unspecified atom stereocenters. The van der Waals surface area contributed by atoms with Gasteiger partial charge in [-0.1, -0.05) is 6.42 Å². The standard InChI is InChI=1S/C14H25N3O/c15-10-14(5-1-6-14)13(18)16-8-11-4-7-17(9-11)12-2-3-12/h11-12H,1-10,15H2,(H,16,18). The van der Waals surface area contributed by atoms with Gasteiger partial charge in [0.25, 0.3) is 0 Å². The minimum atomic E-state index is -0.214. The average Bonchev–Trinajstić information content (AvgIpc) is 3.06. The summed E-state index contributed by atoms with van der Waals surface area (Å²) >= 11 is 0. The van der Waals surface area contributed by atoms with Crippen molar-refractivity contribution in [2.45, 2.75) is 44.6 Å². The van der Waals surface area contributed by atoms with Gasteiger partial charge in [0, 0.05) is 25.7 Å². The molecule has 0 radical (unpaired) electrons. The van der Waals surface area contributed by atoms with Crippen LogP contribution in [-0.4, -0.2) is 43.0 Å². The molecule has 0 spiro atoms. The molecule has 0 bridgehead atoms. The number of nitrogens with zero attached hydrogens (tertiary/aromatic N) is 1. The van der Waals surface area contributed by atoms with Gasteiger partial charge < -0.3 is 16.0 Å². The molecule has 102 valence electrons. The summed E-state index contributed by atoms with van der Waals surface area (Å²) in [6.45, 7) is 3.77. The lowest BCUT2D eigenvalue weighted by Crippen LogP contribution is -2.51. The van der Waals surface area contributed by atoms with Crippen LogP contribution in [0.2, 0.25) is 0 Å². The molecule has 0 aromatic heterocycles. The molecule has 1 amide bonds. The number of amides is 1. The van der Waals surface area contributed by atoms with Crippen LogP contribution in [0.4, 0.5) is 0 Å². The van der Waals surface area contributed by atoms with Gasteiger partial charge in [-0.3, -0.25) is 4.79 Å². The van der Waals surface area contributed by atoms with Crippen molar-refractivity contribution in [3.8, 4) is 0 Å². The predicted octanol–water partition coefficient (Wildman–Crippen LogP) is 0.716. The van der Waals surface area contributed by atoms with E-state index >= 15 is 0 Å². The first-order chi connectivity index (χ1) is 8.73. The van der Waals surface area contributed by atoms with Gasteiger partial charge >= 0.3 is 0 Å². The molecule has 4 heteroatoms. The van der Waals surface area contributed by atoms with E-state index < -0.39 is 0 Å². The Morgan fingerprint density at radius 2 is 2.11 bits per heavy atom. The van der Waals surface area contributed by atoms with E-state index in [9.17, 15) is 4.79 Å².